The lowest BCUT2D eigenvalue weighted by molar-refractivity contribution is -0.132. The number of rotatable bonds is 9. The Kier molecular flexibility index (Phi) is 8.07. The Labute approximate surface area is 260 Å². The minimum Gasteiger partial charge on any atom is -0.507 e. The molecule has 4 aromatic rings. The van der Waals surface area contributed by atoms with Crippen molar-refractivity contribution in [3.63, 3.8) is 0 Å². The Balaban J connectivity index is 1.50. The SMILES string of the molecule is CCOc1cc([C@H]2/C(=C(\O)c3ccc4c(c3)C[C@H](C)O4)C(=O)C(=O)N2c2nc3ccc(C)cc3s2)ccc1OCCC(C)C. The first-order chi connectivity index (χ1) is 21.1. The number of nitrogens with zero attached hydrogens (tertiary/aromatic N) is 2. The van der Waals surface area contributed by atoms with Crippen molar-refractivity contribution in [2.24, 2.45) is 5.92 Å². The van der Waals surface area contributed by atoms with Gasteiger partial charge in [-0.1, -0.05) is 37.3 Å². The van der Waals surface area contributed by atoms with Gasteiger partial charge in [0.2, 0.25) is 0 Å². The number of amides is 1. The van der Waals surface area contributed by atoms with E-state index in [1.807, 2.05) is 51.1 Å². The van der Waals surface area contributed by atoms with E-state index >= 15 is 0 Å². The Morgan fingerprint density at radius 2 is 1.91 bits per heavy atom. The number of aliphatic hydroxyl groups is 1. The molecule has 228 valence electrons. The van der Waals surface area contributed by atoms with Crippen LogP contribution in [0.4, 0.5) is 5.13 Å². The summed E-state index contributed by atoms with van der Waals surface area (Å²) in [5, 5.41) is 12.1. The van der Waals surface area contributed by atoms with Gasteiger partial charge in [-0.05, 0) is 92.3 Å². The number of aryl methyl sites for hydroxylation is 1. The number of hydrogen-bond donors (Lipinski definition) is 1. The molecular weight excluding hydrogens is 576 g/mol. The van der Waals surface area contributed by atoms with Crippen molar-refractivity contribution in [3.8, 4) is 17.2 Å². The van der Waals surface area contributed by atoms with Crippen LogP contribution in [0.5, 0.6) is 17.2 Å². The van der Waals surface area contributed by atoms with Crippen molar-refractivity contribution < 1.29 is 28.9 Å². The van der Waals surface area contributed by atoms with Crippen molar-refractivity contribution in [1.29, 1.82) is 0 Å². The maximum Gasteiger partial charge on any atom is 0.301 e. The highest BCUT2D eigenvalue weighted by Gasteiger charge is 2.48. The van der Waals surface area contributed by atoms with E-state index in [4.69, 9.17) is 19.2 Å². The van der Waals surface area contributed by atoms with Crippen LogP contribution in [0.25, 0.3) is 16.0 Å². The van der Waals surface area contributed by atoms with Gasteiger partial charge in [0.25, 0.3) is 5.78 Å². The number of fused-ring (bicyclic) bond motifs is 2. The summed E-state index contributed by atoms with van der Waals surface area (Å²) in [7, 11) is 0. The zero-order chi connectivity index (χ0) is 31.1. The average molecular weight is 613 g/mol. The molecule has 1 saturated heterocycles. The lowest BCUT2D eigenvalue weighted by atomic mass is 9.94. The molecule has 1 fully saturated rings. The standard InChI is InChI=1S/C35H36N2O6S/c1-6-41-28-18-22(8-12-27(28)42-14-13-19(2)3)31-30(32(38)23-9-11-26-24(17-23)16-21(5)43-26)33(39)34(40)37(31)35-36-25-10-7-20(4)15-29(25)44-35/h7-12,15,17-19,21,31,38H,6,13-14,16H2,1-5H3/b32-30+/t21-,31-/m0/s1. The summed E-state index contributed by atoms with van der Waals surface area (Å²) in [6.07, 6.45) is 1.60. The Morgan fingerprint density at radius 1 is 1.09 bits per heavy atom. The molecule has 0 aliphatic carbocycles. The number of hydrogen-bond acceptors (Lipinski definition) is 8. The number of carbonyl (C=O) groups excluding carboxylic acids is 2. The van der Waals surface area contributed by atoms with Crippen molar-refractivity contribution in [2.75, 3.05) is 18.1 Å². The first kappa shape index (κ1) is 29.7. The summed E-state index contributed by atoms with van der Waals surface area (Å²) >= 11 is 1.34. The lowest BCUT2D eigenvalue weighted by Gasteiger charge is -2.24. The third kappa shape index (κ3) is 5.52. The molecule has 0 radical (unpaired) electrons. The highest BCUT2D eigenvalue weighted by Crippen LogP contribution is 2.46. The largest absolute Gasteiger partial charge is 0.507 e. The Bertz CT molecular complexity index is 1790. The van der Waals surface area contributed by atoms with Crippen LogP contribution in [-0.4, -0.2) is 41.1 Å². The summed E-state index contributed by atoms with van der Waals surface area (Å²) in [4.78, 5) is 33.8. The second-order valence-corrected chi connectivity index (χ2v) is 12.8. The molecule has 1 N–H and O–H groups in total. The molecule has 2 aliphatic heterocycles. The monoisotopic (exact) mass is 612 g/mol. The first-order valence-electron chi connectivity index (χ1n) is 15.0. The minimum absolute atomic E-state index is 0.00623. The lowest BCUT2D eigenvalue weighted by Crippen LogP contribution is -2.29. The van der Waals surface area contributed by atoms with E-state index in [0.29, 0.717) is 53.3 Å². The van der Waals surface area contributed by atoms with E-state index in [0.717, 1.165) is 33.5 Å². The highest BCUT2D eigenvalue weighted by molar-refractivity contribution is 7.22. The first-order valence-corrected chi connectivity index (χ1v) is 15.8. The Morgan fingerprint density at radius 3 is 2.68 bits per heavy atom. The van der Waals surface area contributed by atoms with Crippen molar-refractivity contribution in [1.82, 2.24) is 4.98 Å². The molecule has 1 amide bonds. The maximum atomic E-state index is 13.8. The predicted molar refractivity (Wildman–Crippen MR) is 172 cm³/mol. The maximum absolute atomic E-state index is 13.8. The van der Waals surface area contributed by atoms with Gasteiger partial charge in [0, 0.05) is 12.0 Å². The molecule has 6 rings (SSSR count). The smallest absolute Gasteiger partial charge is 0.301 e. The number of carbonyl (C=O) groups is 2. The molecule has 8 nitrogen and oxygen atoms in total. The van der Waals surface area contributed by atoms with Crippen LogP contribution in [0.3, 0.4) is 0 Å². The van der Waals surface area contributed by atoms with E-state index in [9.17, 15) is 14.7 Å². The van der Waals surface area contributed by atoms with Crippen LogP contribution in [-0.2, 0) is 16.0 Å². The minimum atomic E-state index is -0.941. The van der Waals surface area contributed by atoms with Crippen LogP contribution in [0.15, 0.2) is 60.2 Å². The zero-order valence-corrected chi connectivity index (χ0v) is 26.4. The summed E-state index contributed by atoms with van der Waals surface area (Å²) in [6, 6.07) is 15.7. The summed E-state index contributed by atoms with van der Waals surface area (Å²) in [5.74, 6) is 0.551. The number of ether oxygens (including phenoxy) is 3. The van der Waals surface area contributed by atoms with Gasteiger partial charge < -0.3 is 19.3 Å². The third-order valence-corrected chi connectivity index (χ3v) is 8.91. The van der Waals surface area contributed by atoms with Gasteiger partial charge in [-0.15, -0.1) is 0 Å². The van der Waals surface area contributed by atoms with Gasteiger partial charge in [-0.3, -0.25) is 14.5 Å². The van der Waals surface area contributed by atoms with Crippen LogP contribution in [0.2, 0.25) is 0 Å². The summed E-state index contributed by atoms with van der Waals surface area (Å²) < 4.78 is 18.8. The predicted octanol–water partition coefficient (Wildman–Crippen LogP) is 7.38. The fraction of sp³-hybridized carbons (Fsp3) is 0.343. The molecule has 3 aromatic carbocycles. The number of benzene rings is 3. The van der Waals surface area contributed by atoms with Crippen LogP contribution >= 0.6 is 11.3 Å². The van der Waals surface area contributed by atoms with E-state index in [1.54, 1.807) is 24.3 Å². The average Bonchev–Trinajstić information content (AvgIpc) is 3.65. The van der Waals surface area contributed by atoms with Gasteiger partial charge in [-0.25, -0.2) is 4.98 Å². The molecule has 0 spiro atoms. The summed E-state index contributed by atoms with van der Waals surface area (Å²) in [6.45, 7) is 11.1. The van der Waals surface area contributed by atoms with Crippen molar-refractivity contribution >= 4 is 44.1 Å². The molecule has 0 saturated carbocycles. The van der Waals surface area contributed by atoms with Gasteiger partial charge >= 0.3 is 5.91 Å². The highest BCUT2D eigenvalue weighted by atomic mass is 32.1. The number of aliphatic hydroxyl groups excluding tert-OH is 1. The van der Waals surface area contributed by atoms with E-state index in [1.165, 1.54) is 16.2 Å². The number of anilines is 1. The quantitative estimate of drug-likeness (QED) is 0.120. The second-order valence-electron chi connectivity index (χ2n) is 11.8. The normalized spacial score (nSPS) is 19.1. The molecule has 9 heteroatoms. The zero-order valence-electron chi connectivity index (χ0n) is 25.5. The van der Waals surface area contributed by atoms with Crippen LogP contribution < -0.4 is 19.1 Å². The molecular formula is C35H36N2O6S. The fourth-order valence-corrected chi connectivity index (χ4v) is 6.77. The van der Waals surface area contributed by atoms with Gasteiger partial charge in [0.05, 0.1) is 35.0 Å². The molecule has 0 unspecified atom stereocenters. The topological polar surface area (TPSA) is 98.2 Å². The van der Waals surface area contributed by atoms with Crippen molar-refractivity contribution in [3.05, 3.63) is 82.4 Å². The number of ketones is 1. The van der Waals surface area contributed by atoms with E-state index in [-0.39, 0.29) is 17.4 Å². The number of Topliss-reactive ketones (excluding diaryl/α,β-unsaturated/α-hetero) is 1. The van der Waals surface area contributed by atoms with Crippen LogP contribution in [0, 0.1) is 12.8 Å². The molecule has 0 bridgehead atoms. The number of aromatic nitrogens is 1. The molecule has 1 aromatic heterocycles. The Hall–Kier alpha value is -4.37. The van der Waals surface area contributed by atoms with Gasteiger partial charge in [0.15, 0.2) is 16.6 Å². The van der Waals surface area contributed by atoms with Crippen molar-refractivity contribution in [2.45, 2.75) is 59.6 Å². The van der Waals surface area contributed by atoms with Gasteiger partial charge in [0.1, 0.15) is 17.6 Å². The second kappa shape index (κ2) is 12.0. The van der Waals surface area contributed by atoms with Gasteiger partial charge in [-0.2, -0.15) is 0 Å². The third-order valence-electron chi connectivity index (χ3n) is 7.89. The van der Waals surface area contributed by atoms with E-state index < -0.39 is 17.7 Å². The molecule has 2 aliphatic rings. The van der Waals surface area contributed by atoms with Crippen LogP contribution in [0.1, 0.15) is 62.4 Å². The summed E-state index contributed by atoms with van der Waals surface area (Å²) in [5.41, 5.74) is 3.77. The molecule has 44 heavy (non-hydrogen) atoms. The molecule has 2 atom stereocenters. The fourth-order valence-electron chi connectivity index (χ4n) is 5.68. The number of thiazole rings is 1. The van der Waals surface area contributed by atoms with E-state index in [2.05, 4.69) is 13.8 Å². The molecule has 3 heterocycles.